The van der Waals surface area contributed by atoms with Gasteiger partial charge in [-0.15, -0.1) is 0 Å². The van der Waals surface area contributed by atoms with E-state index in [4.69, 9.17) is 5.73 Å². The lowest BCUT2D eigenvalue weighted by Gasteiger charge is -2.13. The van der Waals surface area contributed by atoms with Gasteiger partial charge in [-0.3, -0.25) is 4.99 Å². The second-order valence-electron chi connectivity index (χ2n) is 3.11. The van der Waals surface area contributed by atoms with Crippen LogP contribution in [-0.4, -0.2) is 18.3 Å². The topological polar surface area (TPSA) is 41.6 Å². The van der Waals surface area contributed by atoms with Crippen molar-refractivity contribution < 1.29 is 0 Å². The highest BCUT2D eigenvalue weighted by Crippen LogP contribution is 2.44. The molecule has 0 fully saturated rings. The predicted molar refractivity (Wildman–Crippen MR) is 56.4 cm³/mol. The largest absolute Gasteiger partial charge is 0.397 e. The summed E-state index contributed by atoms with van der Waals surface area (Å²) < 4.78 is 0. The normalized spacial score (nSPS) is 18.5. The molecule has 13 heavy (non-hydrogen) atoms. The molecule has 3 nitrogen and oxygen atoms in total. The summed E-state index contributed by atoms with van der Waals surface area (Å²) in [6.45, 7) is 1.87. The highest BCUT2D eigenvalue weighted by molar-refractivity contribution is 8.14. The lowest BCUT2D eigenvalue weighted by Crippen LogP contribution is -2.21. The summed E-state index contributed by atoms with van der Waals surface area (Å²) in [4.78, 5) is 7.84. The van der Waals surface area contributed by atoms with Crippen molar-refractivity contribution in [2.45, 2.75) is 4.90 Å². The van der Waals surface area contributed by atoms with E-state index in [-0.39, 0.29) is 0 Å². The molecule has 0 atom stereocenters. The van der Waals surface area contributed by atoms with Gasteiger partial charge in [0.15, 0.2) is 5.17 Å². The van der Waals surface area contributed by atoms with Gasteiger partial charge < -0.3 is 10.6 Å². The molecular weight excluding hydrogens is 182 g/mol. The second-order valence-corrected chi connectivity index (χ2v) is 4.12. The Kier molecular flexibility index (Phi) is 1.35. The Morgan fingerprint density at radius 2 is 2.38 bits per heavy atom. The van der Waals surface area contributed by atoms with Crippen molar-refractivity contribution >= 4 is 28.3 Å². The van der Waals surface area contributed by atoms with Gasteiger partial charge in [-0.25, -0.2) is 0 Å². The Labute approximate surface area is 80.6 Å². The summed E-state index contributed by atoms with van der Waals surface area (Å²) in [6.07, 6.45) is 0. The maximum atomic E-state index is 5.92. The first kappa shape index (κ1) is 7.26. The van der Waals surface area contributed by atoms with Crippen LogP contribution in [0.5, 0.6) is 0 Å². The van der Waals surface area contributed by atoms with Crippen LogP contribution in [0.4, 0.5) is 11.4 Å². The van der Waals surface area contributed by atoms with Crippen molar-refractivity contribution in [3.05, 3.63) is 18.2 Å². The fraction of sp³-hybridized carbons (Fsp3) is 0.222. The summed E-state index contributed by atoms with van der Waals surface area (Å²) in [5, 5.41) is 1.10. The van der Waals surface area contributed by atoms with Gasteiger partial charge >= 0.3 is 0 Å². The Hall–Kier alpha value is -1.16. The number of aliphatic imine (C=N–C) groups is 1. The highest BCUT2D eigenvalue weighted by atomic mass is 32.2. The second kappa shape index (κ2) is 2.42. The maximum absolute atomic E-state index is 5.92. The number of nitrogens with zero attached hydrogens (tertiary/aromatic N) is 2. The fourth-order valence-corrected chi connectivity index (χ4v) is 2.85. The summed E-state index contributed by atoms with van der Waals surface area (Å²) in [7, 11) is 0. The molecule has 0 unspecified atom stereocenters. The van der Waals surface area contributed by atoms with E-state index in [9.17, 15) is 0 Å². The van der Waals surface area contributed by atoms with Gasteiger partial charge in [0.1, 0.15) is 0 Å². The Morgan fingerprint density at radius 3 is 3.31 bits per heavy atom. The summed E-state index contributed by atoms with van der Waals surface area (Å²) in [5.74, 6) is 0. The van der Waals surface area contributed by atoms with Crippen LogP contribution < -0.4 is 10.6 Å². The first-order valence-corrected chi connectivity index (χ1v) is 5.06. The number of thioether (sulfide) groups is 1. The first-order chi connectivity index (χ1) is 6.36. The zero-order valence-electron chi connectivity index (χ0n) is 7.03. The molecule has 2 aliphatic heterocycles. The molecule has 1 aromatic carbocycles. The van der Waals surface area contributed by atoms with Crippen molar-refractivity contribution in [3.8, 4) is 0 Å². The van der Waals surface area contributed by atoms with Crippen LogP contribution in [0.1, 0.15) is 0 Å². The summed E-state index contributed by atoms with van der Waals surface area (Å²) in [5.41, 5.74) is 7.93. The number of amidine groups is 1. The fourth-order valence-electron chi connectivity index (χ4n) is 1.73. The average Bonchev–Trinajstić information content (AvgIpc) is 2.62. The summed E-state index contributed by atoms with van der Waals surface area (Å²) in [6, 6.07) is 6.03. The third kappa shape index (κ3) is 0.891. The number of hydrogen-bond acceptors (Lipinski definition) is 4. The number of anilines is 2. The Morgan fingerprint density at radius 1 is 1.46 bits per heavy atom. The average molecular weight is 191 g/mol. The SMILES string of the molecule is Nc1cccc2c1N1CCN=C1S2. The van der Waals surface area contributed by atoms with Gasteiger partial charge in [0.25, 0.3) is 0 Å². The number of nitrogen functional groups attached to an aromatic ring is 1. The lowest BCUT2D eigenvalue weighted by molar-refractivity contribution is 1.02. The number of para-hydroxylation sites is 1. The predicted octanol–water partition coefficient (Wildman–Crippen LogP) is 1.55. The maximum Gasteiger partial charge on any atom is 0.168 e. The lowest BCUT2D eigenvalue weighted by atomic mass is 10.2. The Balaban J connectivity index is 2.21. The van der Waals surface area contributed by atoms with Gasteiger partial charge in [-0.1, -0.05) is 6.07 Å². The van der Waals surface area contributed by atoms with E-state index >= 15 is 0 Å². The van der Waals surface area contributed by atoms with E-state index < -0.39 is 0 Å². The van der Waals surface area contributed by atoms with Crippen molar-refractivity contribution in [1.82, 2.24) is 0 Å². The Bertz CT molecular complexity index is 400. The van der Waals surface area contributed by atoms with Crippen molar-refractivity contribution in [1.29, 1.82) is 0 Å². The van der Waals surface area contributed by atoms with Gasteiger partial charge in [0.2, 0.25) is 0 Å². The molecule has 0 aromatic heterocycles. The smallest absolute Gasteiger partial charge is 0.168 e. The molecule has 3 rings (SSSR count). The highest BCUT2D eigenvalue weighted by Gasteiger charge is 2.30. The zero-order valence-corrected chi connectivity index (χ0v) is 7.84. The molecule has 4 heteroatoms. The minimum atomic E-state index is 0.858. The van der Waals surface area contributed by atoms with Crippen LogP contribution >= 0.6 is 11.8 Å². The molecule has 0 amide bonds. The zero-order chi connectivity index (χ0) is 8.84. The minimum absolute atomic E-state index is 0.858. The van der Waals surface area contributed by atoms with Gasteiger partial charge in [-0.05, 0) is 23.9 Å². The number of hydrogen-bond donors (Lipinski definition) is 1. The van der Waals surface area contributed by atoms with Crippen molar-refractivity contribution in [2.75, 3.05) is 23.7 Å². The van der Waals surface area contributed by atoms with Crippen LogP contribution in [0.2, 0.25) is 0 Å². The monoisotopic (exact) mass is 191 g/mol. The number of nitrogens with two attached hydrogens (primary N) is 1. The summed E-state index contributed by atoms with van der Waals surface area (Å²) >= 11 is 1.72. The van der Waals surface area contributed by atoms with E-state index in [0.717, 1.165) is 29.6 Å². The molecule has 0 aliphatic carbocycles. The van der Waals surface area contributed by atoms with E-state index in [2.05, 4.69) is 16.0 Å². The first-order valence-electron chi connectivity index (χ1n) is 4.24. The minimum Gasteiger partial charge on any atom is -0.397 e. The molecule has 0 saturated carbocycles. The van der Waals surface area contributed by atoms with Crippen LogP contribution in [0.15, 0.2) is 28.1 Å². The molecule has 2 aliphatic rings. The van der Waals surface area contributed by atoms with E-state index in [1.165, 1.54) is 4.90 Å². The third-order valence-corrected chi connectivity index (χ3v) is 3.38. The molecule has 0 saturated heterocycles. The van der Waals surface area contributed by atoms with E-state index in [1.807, 2.05) is 12.1 Å². The quantitative estimate of drug-likeness (QED) is 0.633. The molecule has 0 spiro atoms. The van der Waals surface area contributed by atoms with Gasteiger partial charge in [-0.2, -0.15) is 0 Å². The molecule has 66 valence electrons. The van der Waals surface area contributed by atoms with E-state index in [1.54, 1.807) is 11.8 Å². The van der Waals surface area contributed by atoms with E-state index in [0.29, 0.717) is 0 Å². The molecular formula is C9H9N3S. The van der Waals surface area contributed by atoms with Crippen LogP contribution in [0.3, 0.4) is 0 Å². The van der Waals surface area contributed by atoms with Gasteiger partial charge in [0, 0.05) is 11.4 Å². The molecule has 2 heterocycles. The van der Waals surface area contributed by atoms with Crippen molar-refractivity contribution in [2.24, 2.45) is 4.99 Å². The number of fused-ring (bicyclic) bond motifs is 3. The molecule has 0 radical (unpaired) electrons. The van der Waals surface area contributed by atoms with Gasteiger partial charge in [0.05, 0.1) is 17.9 Å². The van der Waals surface area contributed by atoms with Crippen molar-refractivity contribution in [3.63, 3.8) is 0 Å². The van der Waals surface area contributed by atoms with Crippen LogP contribution in [0.25, 0.3) is 0 Å². The van der Waals surface area contributed by atoms with Crippen LogP contribution in [0, 0.1) is 0 Å². The van der Waals surface area contributed by atoms with Crippen LogP contribution in [-0.2, 0) is 0 Å². The number of rotatable bonds is 0. The molecule has 1 aromatic rings. The standard InChI is InChI=1S/C9H9N3S/c10-6-2-1-3-7-8(6)12-5-4-11-9(12)13-7/h1-3H,4-5,10H2. The number of benzene rings is 1. The molecule has 0 bridgehead atoms. The third-order valence-electron chi connectivity index (χ3n) is 2.30. The molecule has 2 N–H and O–H groups in total.